The van der Waals surface area contributed by atoms with Crippen LogP contribution in [-0.4, -0.2) is 4.98 Å². The van der Waals surface area contributed by atoms with Gasteiger partial charge in [0.05, 0.1) is 11.7 Å². The van der Waals surface area contributed by atoms with Crippen molar-refractivity contribution in [3.63, 3.8) is 0 Å². The molecule has 1 aromatic heterocycles. The Kier molecular flexibility index (Phi) is 4.33. The van der Waals surface area contributed by atoms with E-state index in [1.807, 2.05) is 12.3 Å². The maximum absolute atomic E-state index is 6.26. The summed E-state index contributed by atoms with van der Waals surface area (Å²) in [5, 5.41) is 0. The fraction of sp³-hybridized carbons (Fsp3) is 0.353. The van der Waals surface area contributed by atoms with Gasteiger partial charge in [-0.3, -0.25) is 4.98 Å². The van der Waals surface area contributed by atoms with E-state index >= 15 is 0 Å². The van der Waals surface area contributed by atoms with Gasteiger partial charge < -0.3 is 5.73 Å². The number of aromatic nitrogens is 1. The highest BCUT2D eigenvalue weighted by atomic mass is 14.8. The van der Waals surface area contributed by atoms with Crippen molar-refractivity contribution >= 4 is 0 Å². The molecule has 100 valence electrons. The van der Waals surface area contributed by atoms with Crippen LogP contribution in [0, 0.1) is 6.92 Å². The van der Waals surface area contributed by atoms with E-state index in [2.05, 4.69) is 56.1 Å². The van der Waals surface area contributed by atoms with Gasteiger partial charge in [-0.1, -0.05) is 44.2 Å². The summed E-state index contributed by atoms with van der Waals surface area (Å²) in [6.45, 7) is 6.47. The number of hydrogen-bond acceptors (Lipinski definition) is 2. The van der Waals surface area contributed by atoms with E-state index in [0.29, 0.717) is 5.92 Å². The smallest absolute Gasteiger partial charge is 0.0603 e. The van der Waals surface area contributed by atoms with E-state index in [-0.39, 0.29) is 6.04 Å². The number of nitrogens with zero attached hydrogens (tertiary/aromatic N) is 1. The lowest BCUT2D eigenvalue weighted by Gasteiger charge is -2.14. The monoisotopic (exact) mass is 254 g/mol. The van der Waals surface area contributed by atoms with Crippen LogP contribution in [0.5, 0.6) is 0 Å². The molecule has 2 rings (SSSR count). The third kappa shape index (κ3) is 3.42. The molecule has 0 radical (unpaired) electrons. The molecule has 1 aromatic carbocycles. The van der Waals surface area contributed by atoms with E-state index in [0.717, 1.165) is 17.7 Å². The van der Waals surface area contributed by atoms with Crippen molar-refractivity contribution < 1.29 is 0 Å². The summed E-state index contributed by atoms with van der Waals surface area (Å²) in [6.07, 6.45) is 2.64. The number of aryl methyl sites for hydroxylation is 1. The molecule has 0 aliphatic rings. The minimum absolute atomic E-state index is 0.0360. The standard InChI is InChI=1S/C17H22N2/c1-12(2)15-8-6-14(7-9-15)11-16(18)17-13(3)5-4-10-19-17/h4-10,12,16H,11,18H2,1-3H3. The van der Waals surface area contributed by atoms with Crippen LogP contribution in [-0.2, 0) is 6.42 Å². The van der Waals surface area contributed by atoms with Gasteiger partial charge in [-0.05, 0) is 42.0 Å². The van der Waals surface area contributed by atoms with Gasteiger partial charge in [0, 0.05) is 6.20 Å². The molecule has 0 fully saturated rings. The minimum Gasteiger partial charge on any atom is -0.322 e. The van der Waals surface area contributed by atoms with E-state index in [1.165, 1.54) is 11.1 Å². The summed E-state index contributed by atoms with van der Waals surface area (Å²) < 4.78 is 0. The fourth-order valence-electron chi connectivity index (χ4n) is 2.28. The first-order chi connectivity index (χ1) is 9.08. The highest BCUT2D eigenvalue weighted by molar-refractivity contribution is 5.28. The first-order valence-electron chi connectivity index (χ1n) is 6.84. The highest BCUT2D eigenvalue weighted by Crippen LogP contribution is 2.19. The van der Waals surface area contributed by atoms with E-state index in [9.17, 15) is 0 Å². The molecule has 1 atom stereocenters. The minimum atomic E-state index is -0.0360. The van der Waals surface area contributed by atoms with Gasteiger partial charge in [-0.25, -0.2) is 0 Å². The first-order valence-corrected chi connectivity index (χ1v) is 6.84. The molecule has 0 aliphatic carbocycles. The highest BCUT2D eigenvalue weighted by Gasteiger charge is 2.11. The Balaban J connectivity index is 2.11. The van der Waals surface area contributed by atoms with Gasteiger partial charge in [0.1, 0.15) is 0 Å². The van der Waals surface area contributed by atoms with Crippen LogP contribution >= 0.6 is 0 Å². The maximum atomic E-state index is 6.26. The Morgan fingerprint density at radius 3 is 2.37 bits per heavy atom. The summed E-state index contributed by atoms with van der Waals surface area (Å²) >= 11 is 0. The van der Waals surface area contributed by atoms with E-state index in [4.69, 9.17) is 5.73 Å². The number of benzene rings is 1. The van der Waals surface area contributed by atoms with Crippen LogP contribution in [0.3, 0.4) is 0 Å². The van der Waals surface area contributed by atoms with Crippen molar-refractivity contribution in [1.29, 1.82) is 0 Å². The Hall–Kier alpha value is -1.67. The summed E-state index contributed by atoms with van der Waals surface area (Å²) in [6, 6.07) is 12.7. The second-order valence-electron chi connectivity index (χ2n) is 5.41. The SMILES string of the molecule is Cc1cccnc1C(N)Cc1ccc(C(C)C)cc1. The number of pyridine rings is 1. The van der Waals surface area contributed by atoms with Crippen molar-refractivity contribution in [2.75, 3.05) is 0 Å². The Bertz CT molecular complexity index is 529. The normalized spacial score (nSPS) is 12.7. The maximum Gasteiger partial charge on any atom is 0.0603 e. The zero-order valence-electron chi connectivity index (χ0n) is 11.9. The zero-order chi connectivity index (χ0) is 13.8. The molecule has 2 N–H and O–H groups in total. The molecular weight excluding hydrogens is 232 g/mol. The van der Waals surface area contributed by atoms with Crippen molar-refractivity contribution in [1.82, 2.24) is 4.98 Å². The third-order valence-electron chi connectivity index (χ3n) is 3.50. The molecule has 0 saturated carbocycles. The lowest BCUT2D eigenvalue weighted by Crippen LogP contribution is -2.16. The van der Waals surface area contributed by atoms with Crippen LogP contribution in [0.25, 0.3) is 0 Å². The number of hydrogen-bond donors (Lipinski definition) is 1. The van der Waals surface area contributed by atoms with Crippen molar-refractivity contribution in [2.45, 2.75) is 39.2 Å². The van der Waals surface area contributed by atoms with Crippen molar-refractivity contribution in [3.05, 3.63) is 65.0 Å². The first kappa shape index (κ1) is 13.8. The fourth-order valence-corrected chi connectivity index (χ4v) is 2.28. The molecule has 2 aromatic rings. The van der Waals surface area contributed by atoms with Gasteiger partial charge in [-0.15, -0.1) is 0 Å². The Morgan fingerprint density at radius 2 is 1.79 bits per heavy atom. The van der Waals surface area contributed by atoms with Crippen LogP contribution in [0.4, 0.5) is 0 Å². The van der Waals surface area contributed by atoms with Crippen LogP contribution in [0.15, 0.2) is 42.6 Å². The molecule has 1 unspecified atom stereocenters. The average molecular weight is 254 g/mol. The lowest BCUT2D eigenvalue weighted by molar-refractivity contribution is 0.690. The molecule has 0 spiro atoms. The molecule has 2 heteroatoms. The summed E-state index contributed by atoms with van der Waals surface area (Å²) in [4.78, 5) is 4.40. The van der Waals surface area contributed by atoms with Gasteiger partial charge in [0.2, 0.25) is 0 Å². The van der Waals surface area contributed by atoms with Crippen LogP contribution in [0.1, 0.15) is 48.2 Å². The molecule has 19 heavy (non-hydrogen) atoms. The largest absolute Gasteiger partial charge is 0.322 e. The Morgan fingerprint density at radius 1 is 1.11 bits per heavy atom. The average Bonchev–Trinajstić information content (AvgIpc) is 2.39. The second-order valence-corrected chi connectivity index (χ2v) is 5.41. The molecular formula is C17H22N2. The molecule has 0 amide bonds. The molecule has 1 heterocycles. The quantitative estimate of drug-likeness (QED) is 0.902. The number of nitrogens with two attached hydrogens (primary N) is 1. The summed E-state index contributed by atoms with van der Waals surface area (Å²) in [5.41, 5.74) is 11.1. The predicted octanol–water partition coefficient (Wildman–Crippen LogP) is 3.76. The molecule has 0 aliphatic heterocycles. The zero-order valence-corrected chi connectivity index (χ0v) is 11.9. The summed E-state index contributed by atoms with van der Waals surface area (Å²) in [7, 11) is 0. The van der Waals surface area contributed by atoms with E-state index < -0.39 is 0 Å². The predicted molar refractivity (Wildman–Crippen MR) is 80.1 cm³/mol. The molecule has 2 nitrogen and oxygen atoms in total. The van der Waals surface area contributed by atoms with Gasteiger partial charge >= 0.3 is 0 Å². The molecule has 0 saturated heterocycles. The third-order valence-corrected chi connectivity index (χ3v) is 3.50. The molecule has 0 bridgehead atoms. The Labute approximate surface area is 115 Å². The van der Waals surface area contributed by atoms with Crippen LogP contribution in [0.2, 0.25) is 0 Å². The van der Waals surface area contributed by atoms with Gasteiger partial charge in [0.15, 0.2) is 0 Å². The number of rotatable bonds is 4. The summed E-state index contributed by atoms with van der Waals surface area (Å²) in [5.74, 6) is 0.570. The van der Waals surface area contributed by atoms with E-state index in [1.54, 1.807) is 0 Å². The topological polar surface area (TPSA) is 38.9 Å². The van der Waals surface area contributed by atoms with Crippen molar-refractivity contribution in [2.24, 2.45) is 5.73 Å². The van der Waals surface area contributed by atoms with Crippen molar-refractivity contribution in [3.8, 4) is 0 Å². The lowest BCUT2D eigenvalue weighted by atomic mass is 9.97. The van der Waals surface area contributed by atoms with Gasteiger partial charge in [0.25, 0.3) is 0 Å². The van der Waals surface area contributed by atoms with Crippen LogP contribution < -0.4 is 5.73 Å². The second kappa shape index (κ2) is 5.98. The van der Waals surface area contributed by atoms with Gasteiger partial charge in [-0.2, -0.15) is 0 Å².